The monoisotopic (exact) mass is 339 g/mol. The lowest BCUT2D eigenvalue weighted by molar-refractivity contribution is 0.647. The van der Waals surface area contributed by atoms with Crippen molar-refractivity contribution in [2.75, 3.05) is 6.54 Å². The fraction of sp³-hybridized carbons (Fsp3) is 0.400. The maximum absolute atomic E-state index is 3.52. The van der Waals surface area contributed by atoms with Crippen molar-refractivity contribution in [3.8, 4) is 0 Å². The molecule has 1 aromatic rings. The molecule has 0 aromatic heterocycles. The van der Waals surface area contributed by atoms with Crippen LogP contribution in [0.2, 0.25) is 0 Å². The van der Waals surface area contributed by atoms with Crippen LogP contribution in [0.4, 0.5) is 0 Å². The normalized spacial score (nSPS) is 20.6. The van der Waals surface area contributed by atoms with E-state index in [1.807, 2.05) is 0 Å². The number of benzene rings is 1. The molecular formula is C10H12Br2ClN. The number of hydrogen-bond donors (Lipinski definition) is 1. The molecule has 0 bridgehead atoms. The van der Waals surface area contributed by atoms with Gasteiger partial charge in [-0.25, -0.2) is 0 Å². The lowest BCUT2D eigenvalue weighted by Crippen LogP contribution is -2.12. The first-order valence-corrected chi connectivity index (χ1v) is 6.04. The van der Waals surface area contributed by atoms with Crippen molar-refractivity contribution >= 4 is 44.3 Å². The lowest BCUT2D eigenvalue weighted by Gasteiger charge is -2.11. The predicted molar refractivity (Wildman–Crippen MR) is 69.1 cm³/mol. The summed E-state index contributed by atoms with van der Waals surface area (Å²) in [6.07, 6.45) is 2.55. The molecule has 78 valence electrons. The van der Waals surface area contributed by atoms with Crippen LogP contribution in [0.5, 0.6) is 0 Å². The van der Waals surface area contributed by atoms with Gasteiger partial charge in [-0.05, 0) is 68.9 Å². The third-order valence-electron chi connectivity index (χ3n) is 2.41. The van der Waals surface area contributed by atoms with Gasteiger partial charge in [0.2, 0.25) is 0 Å². The second-order valence-corrected chi connectivity index (χ2v) is 5.03. The highest BCUT2D eigenvalue weighted by atomic mass is 79.9. The topological polar surface area (TPSA) is 12.0 Å². The summed E-state index contributed by atoms with van der Waals surface area (Å²) >= 11 is 6.99. The van der Waals surface area contributed by atoms with Gasteiger partial charge in [-0.15, -0.1) is 12.4 Å². The number of nitrogens with one attached hydrogen (secondary N) is 1. The van der Waals surface area contributed by atoms with Crippen molar-refractivity contribution in [1.29, 1.82) is 0 Å². The van der Waals surface area contributed by atoms with E-state index >= 15 is 0 Å². The molecular weight excluding hydrogens is 329 g/mol. The molecule has 0 radical (unpaired) electrons. The zero-order valence-corrected chi connectivity index (χ0v) is 11.6. The number of halogens is 3. The fourth-order valence-corrected chi connectivity index (χ4v) is 2.34. The average Bonchev–Trinajstić information content (AvgIpc) is 2.62. The van der Waals surface area contributed by atoms with Crippen LogP contribution in [0.3, 0.4) is 0 Å². The van der Waals surface area contributed by atoms with Crippen molar-refractivity contribution in [2.45, 2.75) is 18.9 Å². The summed E-state index contributed by atoms with van der Waals surface area (Å²) in [4.78, 5) is 0. The van der Waals surface area contributed by atoms with Gasteiger partial charge in [0.15, 0.2) is 0 Å². The smallest absolute Gasteiger partial charge is 0.0321 e. The Morgan fingerprint density at radius 1 is 1.21 bits per heavy atom. The summed E-state index contributed by atoms with van der Waals surface area (Å²) < 4.78 is 2.26. The van der Waals surface area contributed by atoms with Gasteiger partial charge < -0.3 is 5.32 Å². The van der Waals surface area contributed by atoms with Gasteiger partial charge in [0.05, 0.1) is 0 Å². The van der Waals surface area contributed by atoms with Gasteiger partial charge >= 0.3 is 0 Å². The molecule has 1 heterocycles. The highest BCUT2D eigenvalue weighted by Gasteiger charge is 2.16. The molecule has 1 aromatic carbocycles. The molecule has 0 amide bonds. The molecule has 2 rings (SSSR count). The minimum Gasteiger partial charge on any atom is -0.310 e. The molecule has 0 aliphatic carbocycles. The third-order valence-corrected chi connectivity index (χ3v) is 4.29. The van der Waals surface area contributed by atoms with E-state index in [2.05, 4.69) is 55.4 Å². The van der Waals surface area contributed by atoms with Crippen LogP contribution in [-0.4, -0.2) is 6.54 Å². The van der Waals surface area contributed by atoms with Gasteiger partial charge in [0, 0.05) is 15.0 Å². The summed E-state index contributed by atoms with van der Waals surface area (Å²) in [5.41, 5.74) is 1.38. The number of rotatable bonds is 1. The van der Waals surface area contributed by atoms with E-state index in [1.165, 1.54) is 18.4 Å². The first kappa shape index (κ1) is 12.5. The zero-order chi connectivity index (χ0) is 9.26. The van der Waals surface area contributed by atoms with Crippen molar-refractivity contribution in [3.63, 3.8) is 0 Å². The highest BCUT2D eigenvalue weighted by Crippen LogP contribution is 2.29. The SMILES string of the molecule is Brc1ccc([C@@H]2CCCN2)cc1Br.Cl. The van der Waals surface area contributed by atoms with Gasteiger partial charge in [0.1, 0.15) is 0 Å². The Labute approximate surface area is 107 Å². The fourth-order valence-electron chi connectivity index (χ4n) is 1.70. The Bertz CT molecular complexity index is 311. The van der Waals surface area contributed by atoms with Crippen LogP contribution in [0, 0.1) is 0 Å². The van der Waals surface area contributed by atoms with Crippen LogP contribution in [0.15, 0.2) is 27.1 Å². The quantitative estimate of drug-likeness (QED) is 0.812. The van der Waals surface area contributed by atoms with E-state index in [0.717, 1.165) is 15.5 Å². The van der Waals surface area contributed by atoms with E-state index in [9.17, 15) is 0 Å². The van der Waals surface area contributed by atoms with Gasteiger partial charge in [-0.3, -0.25) is 0 Å². The molecule has 4 heteroatoms. The Hall–Kier alpha value is 0.430. The summed E-state index contributed by atoms with van der Waals surface area (Å²) in [5.74, 6) is 0. The second-order valence-electron chi connectivity index (χ2n) is 3.32. The molecule has 1 N–H and O–H groups in total. The molecule has 0 spiro atoms. The van der Waals surface area contributed by atoms with Crippen LogP contribution in [0.1, 0.15) is 24.4 Å². The maximum Gasteiger partial charge on any atom is 0.0321 e. The standard InChI is InChI=1S/C10H11Br2N.ClH/c11-8-4-3-7(6-9(8)12)10-2-1-5-13-10;/h3-4,6,10,13H,1-2,5H2;1H/t10-;/m0./s1. The van der Waals surface area contributed by atoms with E-state index in [0.29, 0.717) is 6.04 Å². The number of hydrogen-bond acceptors (Lipinski definition) is 1. The summed E-state index contributed by atoms with van der Waals surface area (Å²) in [6.45, 7) is 1.15. The van der Waals surface area contributed by atoms with E-state index in [4.69, 9.17) is 0 Å². The largest absolute Gasteiger partial charge is 0.310 e. The third kappa shape index (κ3) is 2.72. The molecule has 0 saturated carbocycles. The molecule has 1 aliphatic rings. The van der Waals surface area contributed by atoms with E-state index in [-0.39, 0.29) is 12.4 Å². The molecule has 1 aliphatic heterocycles. The molecule has 1 nitrogen and oxygen atoms in total. The van der Waals surface area contributed by atoms with Crippen molar-refractivity contribution in [3.05, 3.63) is 32.7 Å². The summed E-state index contributed by atoms with van der Waals surface area (Å²) in [6, 6.07) is 7.02. The van der Waals surface area contributed by atoms with Gasteiger partial charge in [0.25, 0.3) is 0 Å². The van der Waals surface area contributed by atoms with E-state index in [1.54, 1.807) is 0 Å². The predicted octanol–water partition coefficient (Wildman–Crippen LogP) is 4.06. The molecule has 1 fully saturated rings. The Kier molecular flexibility index (Phi) is 4.91. The van der Waals surface area contributed by atoms with Crippen LogP contribution < -0.4 is 5.32 Å². The summed E-state index contributed by atoms with van der Waals surface area (Å²) in [5, 5.41) is 3.48. The molecule has 1 saturated heterocycles. The summed E-state index contributed by atoms with van der Waals surface area (Å²) in [7, 11) is 0. The second kappa shape index (κ2) is 5.50. The Balaban J connectivity index is 0.000000980. The minimum absolute atomic E-state index is 0. The van der Waals surface area contributed by atoms with Gasteiger partial charge in [-0.1, -0.05) is 6.07 Å². The van der Waals surface area contributed by atoms with Crippen molar-refractivity contribution < 1.29 is 0 Å². The van der Waals surface area contributed by atoms with Crippen LogP contribution in [0.25, 0.3) is 0 Å². The lowest BCUT2D eigenvalue weighted by atomic mass is 10.1. The van der Waals surface area contributed by atoms with E-state index < -0.39 is 0 Å². The first-order valence-electron chi connectivity index (χ1n) is 4.46. The molecule has 14 heavy (non-hydrogen) atoms. The Morgan fingerprint density at radius 3 is 2.57 bits per heavy atom. The molecule has 0 unspecified atom stereocenters. The Morgan fingerprint density at radius 2 is 2.00 bits per heavy atom. The minimum atomic E-state index is 0. The highest BCUT2D eigenvalue weighted by molar-refractivity contribution is 9.13. The van der Waals surface area contributed by atoms with Crippen LogP contribution >= 0.6 is 44.3 Å². The molecule has 1 atom stereocenters. The first-order chi connectivity index (χ1) is 6.27. The van der Waals surface area contributed by atoms with Crippen LogP contribution in [-0.2, 0) is 0 Å². The van der Waals surface area contributed by atoms with Crippen molar-refractivity contribution in [1.82, 2.24) is 5.32 Å². The zero-order valence-electron chi connectivity index (χ0n) is 7.59. The average molecular weight is 341 g/mol. The van der Waals surface area contributed by atoms with Gasteiger partial charge in [-0.2, -0.15) is 0 Å². The van der Waals surface area contributed by atoms with Crippen molar-refractivity contribution in [2.24, 2.45) is 0 Å². The maximum atomic E-state index is 3.52.